The molecule has 0 saturated carbocycles. The largest absolute Gasteiger partial charge is 0.381 e. The minimum atomic E-state index is 0.377. The van der Waals surface area contributed by atoms with Crippen LogP contribution < -0.4 is 0 Å². The van der Waals surface area contributed by atoms with Crippen LogP contribution in [0, 0.1) is 0 Å². The Morgan fingerprint density at radius 2 is 1.73 bits per heavy atom. The second kappa shape index (κ2) is 3.62. The standard InChI is InChI=1S/C9H18BO/c1-9(2,3)10-8-4-6-11-7-5-8/h8H,4-7H2,1-3H3. The minimum absolute atomic E-state index is 0.377. The number of hydrogen-bond donors (Lipinski definition) is 0. The fourth-order valence-electron chi connectivity index (χ4n) is 1.59. The Kier molecular flexibility index (Phi) is 3.00. The van der Waals surface area contributed by atoms with E-state index in [1.165, 1.54) is 12.8 Å². The Labute approximate surface area is 70.8 Å². The number of hydrogen-bond acceptors (Lipinski definition) is 1. The lowest BCUT2D eigenvalue weighted by Crippen LogP contribution is -2.21. The van der Waals surface area contributed by atoms with Crippen LogP contribution in [0.5, 0.6) is 0 Å². The predicted octanol–water partition coefficient (Wildman–Crippen LogP) is 2.51. The van der Waals surface area contributed by atoms with Crippen LogP contribution in [0.1, 0.15) is 33.6 Å². The van der Waals surface area contributed by atoms with E-state index in [4.69, 9.17) is 4.74 Å². The molecule has 0 amide bonds. The summed E-state index contributed by atoms with van der Waals surface area (Å²) in [5, 5.41) is 0.377. The molecule has 0 atom stereocenters. The highest BCUT2D eigenvalue weighted by atomic mass is 16.5. The van der Waals surface area contributed by atoms with Gasteiger partial charge in [0.1, 0.15) is 7.28 Å². The van der Waals surface area contributed by atoms with Gasteiger partial charge in [0.25, 0.3) is 0 Å². The monoisotopic (exact) mass is 153 g/mol. The molecular weight excluding hydrogens is 135 g/mol. The van der Waals surface area contributed by atoms with Crippen molar-refractivity contribution >= 4 is 7.28 Å². The molecule has 0 aromatic heterocycles. The Hall–Kier alpha value is 0.0249. The highest BCUT2D eigenvalue weighted by Crippen LogP contribution is 2.31. The third-order valence-electron chi connectivity index (χ3n) is 2.00. The van der Waals surface area contributed by atoms with Crippen molar-refractivity contribution in [2.45, 2.75) is 44.7 Å². The fourth-order valence-corrected chi connectivity index (χ4v) is 1.59. The Morgan fingerprint density at radius 1 is 1.18 bits per heavy atom. The molecule has 0 aromatic rings. The van der Waals surface area contributed by atoms with Gasteiger partial charge in [-0.05, 0) is 12.8 Å². The highest BCUT2D eigenvalue weighted by molar-refractivity contribution is 6.41. The van der Waals surface area contributed by atoms with Crippen LogP contribution in [0.25, 0.3) is 0 Å². The molecule has 0 bridgehead atoms. The van der Waals surface area contributed by atoms with Crippen LogP contribution >= 0.6 is 0 Å². The van der Waals surface area contributed by atoms with Gasteiger partial charge in [-0.25, -0.2) is 0 Å². The third kappa shape index (κ3) is 3.81. The van der Waals surface area contributed by atoms with Gasteiger partial charge in [-0.1, -0.05) is 31.9 Å². The van der Waals surface area contributed by atoms with Gasteiger partial charge < -0.3 is 4.74 Å². The molecular formula is C9H18BO. The lowest BCUT2D eigenvalue weighted by atomic mass is 9.46. The zero-order chi connectivity index (χ0) is 8.32. The minimum Gasteiger partial charge on any atom is -0.381 e. The first kappa shape index (κ1) is 9.12. The molecule has 1 nitrogen and oxygen atoms in total. The average Bonchev–Trinajstić information content (AvgIpc) is 1.85. The van der Waals surface area contributed by atoms with Crippen molar-refractivity contribution in [2.24, 2.45) is 0 Å². The van der Waals surface area contributed by atoms with Crippen LogP contribution in [0.15, 0.2) is 0 Å². The molecule has 1 radical (unpaired) electrons. The molecule has 63 valence electrons. The molecule has 11 heavy (non-hydrogen) atoms. The van der Waals surface area contributed by atoms with Gasteiger partial charge >= 0.3 is 0 Å². The Balaban J connectivity index is 2.24. The zero-order valence-corrected chi connectivity index (χ0v) is 7.89. The van der Waals surface area contributed by atoms with E-state index >= 15 is 0 Å². The van der Waals surface area contributed by atoms with Crippen molar-refractivity contribution in [3.05, 3.63) is 0 Å². The van der Waals surface area contributed by atoms with Crippen molar-refractivity contribution < 1.29 is 4.74 Å². The maximum Gasteiger partial charge on any atom is 0.121 e. The van der Waals surface area contributed by atoms with Crippen molar-refractivity contribution in [3.8, 4) is 0 Å². The third-order valence-corrected chi connectivity index (χ3v) is 2.00. The highest BCUT2D eigenvalue weighted by Gasteiger charge is 2.22. The maximum atomic E-state index is 5.29. The van der Waals surface area contributed by atoms with Crippen molar-refractivity contribution in [2.75, 3.05) is 13.2 Å². The topological polar surface area (TPSA) is 9.23 Å². The van der Waals surface area contributed by atoms with Crippen LogP contribution in [0.2, 0.25) is 11.1 Å². The van der Waals surface area contributed by atoms with E-state index in [9.17, 15) is 0 Å². The summed E-state index contributed by atoms with van der Waals surface area (Å²) in [6.07, 6.45) is 2.44. The van der Waals surface area contributed by atoms with E-state index in [0.717, 1.165) is 19.0 Å². The maximum absolute atomic E-state index is 5.29. The first-order valence-corrected chi connectivity index (χ1v) is 4.52. The first-order valence-electron chi connectivity index (χ1n) is 4.52. The Bertz CT molecular complexity index is 111. The second-order valence-corrected chi connectivity index (χ2v) is 4.48. The predicted molar refractivity (Wildman–Crippen MR) is 49.3 cm³/mol. The van der Waals surface area contributed by atoms with E-state index in [1.807, 2.05) is 0 Å². The SMILES string of the molecule is CC(C)(C)[B]C1CCOCC1. The summed E-state index contributed by atoms with van der Waals surface area (Å²) in [7, 11) is 2.47. The van der Waals surface area contributed by atoms with E-state index < -0.39 is 0 Å². The van der Waals surface area contributed by atoms with Crippen LogP contribution in [-0.2, 0) is 4.74 Å². The quantitative estimate of drug-likeness (QED) is 0.526. The van der Waals surface area contributed by atoms with Crippen LogP contribution in [0.3, 0.4) is 0 Å². The van der Waals surface area contributed by atoms with Crippen LogP contribution in [0.4, 0.5) is 0 Å². The van der Waals surface area contributed by atoms with Gasteiger partial charge in [0.05, 0.1) is 0 Å². The second-order valence-electron chi connectivity index (χ2n) is 4.48. The summed E-state index contributed by atoms with van der Waals surface area (Å²) < 4.78 is 5.29. The number of ether oxygens (including phenoxy) is 1. The van der Waals surface area contributed by atoms with E-state index in [1.54, 1.807) is 0 Å². The molecule has 0 spiro atoms. The molecule has 1 aliphatic heterocycles. The zero-order valence-electron chi connectivity index (χ0n) is 7.89. The lowest BCUT2D eigenvalue weighted by molar-refractivity contribution is 0.0964. The molecule has 0 aliphatic carbocycles. The summed E-state index contributed by atoms with van der Waals surface area (Å²) in [4.78, 5) is 0. The molecule has 0 unspecified atom stereocenters. The molecule has 1 heterocycles. The summed E-state index contributed by atoms with van der Waals surface area (Å²) in [5.74, 6) is 0.795. The summed E-state index contributed by atoms with van der Waals surface area (Å²) in [6, 6.07) is 0. The van der Waals surface area contributed by atoms with Crippen molar-refractivity contribution in [3.63, 3.8) is 0 Å². The normalized spacial score (nSPS) is 21.7. The summed E-state index contributed by atoms with van der Waals surface area (Å²) >= 11 is 0. The van der Waals surface area contributed by atoms with Gasteiger partial charge in [-0.3, -0.25) is 0 Å². The molecule has 0 N–H and O–H groups in total. The van der Waals surface area contributed by atoms with E-state index in [2.05, 4.69) is 28.1 Å². The lowest BCUT2D eigenvalue weighted by Gasteiger charge is -2.27. The van der Waals surface area contributed by atoms with Crippen molar-refractivity contribution in [1.29, 1.82) is 0 Å². The van der Waals surface area contributed by atoms with E-state index in [0.29, 0.717) is 5.31 Å². The van der Waals surface area contributed by atoms with Gasteiger partial charge in [0.15, 0.2) is 0 Å². The smallest absolute Gasteiger partial charge is 0.121 e. The average molecular weight is 153 g/mol. The van der Waals surface area contributed by atoms with Crippen LogP contribution in [-0.4, -0.2) is 20.5 Å². The molecule has 1 aliphatic rings. The number of rotatable bonds is 1. The van der Waals surface area contributed by atoms with Gasteiger partial charge in [0.2, 0.25) is 0 Å². The van der Waals surface area contributed by atoms with Gasteiger partial charge in [-0.15, -0.1) is 0 Å². The molecule has 1 saturated heterocycles. The van der Waals surface area contributed by atoms with Gasteiger partial charge in [-0.2, -0.15) is 0 Å². The Morgan fingerprint density at radius 3 is 2.18 bits per heavy atom. The van der Waals surface area contributed by atoms with Gasteiger partial charge in [0, 0.05) is 13.2 Å². The summed E-state index contributed by atoms with van der Waals surface area (Å²) in [6.45, 7) is 8.71. The fraction of sp³-hybridized carbons (Fsp3) is 1.00. The van der Waals surface area contributed by atoms with Crippen molar-refractivity contribution in [1.82, 2.24) is 0 Å². The first-order chi connectivity index (χ1) is 5.08. The molecule has 1 rings (SSSR count). The molecule has 1 fully saturated rings. The van der Waals surface area contributed by atoms with E-state index in [-0.39, 0.29) is 0 Å². The molecule has 2 heteroatoms. The molecule has 0 aromatic carbocycles. The summed E-state index contributed by atoms with van der Waals surface area (Å²) in [5.41, 5.74) is 0.